The molecule has 27 heavy (non-hydrogen) atoms. The van der Waals surface area contributed by atoms with Crippen LogP contribution >= 0.6 is 0 Å². The number of hydrogen-bond donors (Lipinski definition) is 1. The molecule has 2 heterocycles. The molecule has 0 spiro atoms. The third-order valence-corrected chi connectivity index (χ3v) is 4.45. The third kappa shape index (κ3) is 3.40. The molecule has 2 aromatic heterocycles. The zero-order chi connectivity index (χ0) is 19.0. The molecular formula is C18H15F2N5O2. The summed E-state index contributed by atoms with van der Waals surface area (Å²) in [5.74, 6) is -0.787. The van der Waals surface area contributed by atoms with E-state index in [0.29, 0.717) is 16.8 Å². The van der Waals surface area contributed by atoms with Crippen molar-refractivity contribution in [1.82, 2.24) is 25.7 Å². The monoisotopic (exact) mass is 371 g/mol. The van der Waals surface area contributed by atoms with E-state index in [1.54, 1.807) is 19.1 Å². The van der Waals surface area contributed by atoms with Crippen LogP contribution in [0.2, 0.25) is 0 Å². The average molecular weight is 371 g/mol. The Kier molecular flexibility index (Phi) is 4.35. The maximum absolute atomic E-state index is 12.6. The number of halogens is 2. The van der Waals surface area contributed by atoms with Crippen molar-refractivity contribution >= 4 is 5.91 Å². The predicted octanol–water partition coefficient (Wildman–Crippen LogP) is 3.19. The number of carbonyl (C=O) groups is 1. The third-order valence-electron chi connectivity index (χ3n) is 4.45. The van der Waals surface area contributed by atoms with E-state index in [0.717, 1.165) is 24.0 Å². The van der Waals surface area contributed by atoms with Gasteiger partial charge in [0.15, 0.2) is 0 Å². The Morgan fingerprint density at radius 1 is 1.33 bits per heavy atom. The van der Waals surface area contributed by atoms with Crippen LogP contribution in [0.15, 0.2) is 35.0 Å². The normalized spacial score (nSPS) is 15.8. The van der Waals surface area contributed by atoms with E-state index in [1.807, 2.05) is 12.1 Å². The average Bonchev–Trinajstić information content (AvgIpc) is 3.29. The molecule has 3 aromatic rings. The quantitative estimate of drug-likeness (QED) is 0.757. The van der Waals surface area contributed by atoms with E-state index in [2.05, 4.69) is 30.2 Å². The molecule has 4 rings (SSSR count). The van der Waals surface area contributed by atoms with Crippen LogP contribution in [0.4, 0.5) is 8.78 Å². The Labute approximate surface area is 152 Å². The van der Waals surface area contributed by atoms with Crippen molar-refractivity contribution in [3.8, 4) is 11.4 Å². The molecule has 0 radical (unpaired) electrons. The Balaban J connectivity index is 1.53. The van der Waals surface area contributed by atoms with Crippen LogP contribution in [0, 0.1) is 6.92 Å². The molecule has 1 unspecified atom stereocenters. The molecule has 0 bridgehead atoms. The van der Waals surface area contributed by atoms with Gasteiger partial charge in [0.1, 0.15) is 0 Å². The number of fused-ring (bicyclic) bond motifs is 1. The summed E-state index contributed by atoms with van der Waals surface area (Å²) in [4.78, 5) is 16.1. The lowest BCUT2D eigenvalue weighted by Crippen LogP contribution is -2.27. The van der Waals surface area contributed by atoms with Crippen molar-refractivity contribution in [2.24, 2.45) is 0 Å². The van der Waals surface area contributed by atoms with Crippen LogP contribution in [-0.2, 0) is 6.42 Å². The van der Waals surface area contributed by atoms with Crippen molar-refractivity contribution in [3.05, 3.63) is 58.7 Å². The van der Waals surface area contributed by atoms with E-state index in [1.165, 1.54) is 6.20 Å². The first kappa shape index (κ1) is 17.2. The first-order chi connectivity index (χ1) is 13.0. The van der Waals surface area contributed by atoms with Crippen molar-refractivity contribution in [2.45, 2.75) is 32.2 Å². The van der Waals surface area contributed by atoms with E-state index < -0.39 is 12.3 Å². The maximum atomic E-state index is 12.6. The molecule has 1 aliphatic rings. The molecule has 1 amide bonds. The predicted molar refractivity (Wildman–Crippen MR) is 90.0 cm³/mol. The minimum absolute atomic E-state index is 0.124. The zero-order valence-electron chi connectivity index (χ0n) is 14.3. The summed E-state index contributed by atoms with van der Waals surface area (Å²) in [6.07, 6.45) is 0.127. The number of amides is 1. The van der Waals surface area contributed by atoms with Gasteiger partial charge in [-0.05, 0) is 43.0 Å². The van der Waals surface area contributed by atoms with Crippen molar-refractivity contribution in [3.63, 3.8) is 0 Å². The van der Waals surface area contributed by atoms with E-state index in [4.69, 9.17) is 0 Å². The van der Waals surface area contributed by atoms with Gasteiger partial charge in [-0.2, -0.15) is 24.0 Å². The molecule has 0 saturated carbocycles. The smallest absolute Gasteiger partial charge is 0.315 e. The van der Waals surface area contributed by atoms with Gasteiger partial charge in [-0.25, -0.2) is 0 Å². The largest absolute Gasteiger partial charge is 0.345 e. The molecule has 1 aliphatic carbocycles. The molecule has 0 aliphatic heterocycles. The lowest BCUT2D eigenvalue weighted by atomic mass is 10.0. The second kappa shape index (κ2) is 6.82. The fourth-order valence-electron chi connectivity index (χ4n) is 3.19. The van der Waals surface area contributed by atoms with Gasteiger partial charge in [-0.1, -0.05) is 17.3 Å². The summed E-state index contributed by atoms with van der Waals surface area (Å²) >= 11 is 0. The number of nitrogens with one attached hydrogen (secondary N) is 1. The highest BCUT2D eigenvalue weighted by Crippen LogP contribution is 2.34. The van der Waals surface area contributed by atoms with Crippen LogP contribution < -0.4 is 5.32 Å². The SMILES string of the molecule is Cc1cc(C(=O)NC2CCc3cc(-c4noc(C(F)F)n4)ccc32)cnn1. The van der Waals surface area contributed by atoms with Crippen molar-refractivity contribution < 1.29 is 18.1 Å². The second-order valence-electron chi connectivity index (χ2n) is 6.32. The fourth-order valence-corrected chi connectivity index (χ4v) is 3.19. The Hall–Kier alpha value is -3.23. The molecule has 0 saturated heterocycles. The minimum Gasteiger partial charge on any atom is -0.345 e. The van der Waals surface area contributed by atoms with Gasteiger partial charge in [-0.15, -0.1) is 0 Å². The summed E-state index contributed by atoms with van der Waals surface area (Å²) in [6.45, 7) is 1.77. The zero-order valence-corrected chi connectivity index (χ0v) is 14.3. The molecule has 138 valence electrons. The number of hydrogen-bond acceptors (Lipinski definition) is 6. The standard InChI is InChI=1S/C18H15F2N5O2/c1-9-6-12(8-21-24-9)17(26)22-14-5-3-10-7-11(2-4-13(10)14)16-23-18(15(19)20)27-25-16/h2,4,6-8,14-15H,3,5H2,1H3,(H,22,26). The van der Waals surface area contributed by atoms with Crippen LogP contribution in [-0.4, -0.2) is 26.2 Å². The second-order valence-corrected chi connectivity index (χ2v) is 6.32. The van der Waals surface area contributed by atoms with Gasteiger partial charge in [-0.3, -0.25) is 4.79 Å². The summed E-state index contributed by atoms with van der Waals surface area (Å²) in [5, 5.41) is 14.2. The van der Waals surface area contributed by atoms with Crippen LogP contribution in [0.25, 0.3) is 11.4 Å². The lowest BCUT2D eigenvalue weighted by Gasteiger charge is -2.14. The van der Waals surface area contributed by atoms with Gasteiger partial charge in [0.25, 0.3) is 11.8 Å². The minimum atomic E-state index is -2.80. The Bertz CT molecular complexity index is 1000. The molecule has 1 aromatic carbocycles. The Morgan fingerprint density at radius 3 is 2.93 bits per heavy atom. The van der Waals surface area contributed by atoms with Gasteiger partial charge in [0.2, 0.25) is 5.82 Å². The highest BCUT2D eigenvalue weighted by atomic mass is 19.3. The lowest BCUT2D eigenvalue weighted by molar-refractivity contribution is 0.0936. The first-order valence-electron chi connectivity index (χ1n) is 8.36. The van der Waals surface area contributed by atoms with Crippen LogP contribution in [0.3, 0.4) is 0 Å². The molecule has 1 atom stereocenters. The van der Waals surface area contributed by atoms with Gasteiger partial charge >= 0.3 is 6.43 Å². The van der Waals surface area contributed by atoms with Crippen molar-refractivity contribution in [1.29, 1.82) is 0 Å². The van der Waals surface area contributed by atoms with Gasteiger partial charge in [0, 0.05) is 5.56 Å². The number of nitrogens with zero attached hydrogens (tertiary/aromatic N) is 4. The molecule has 0 fully saturated rings. The number of alkyl halides is 2. The summed E-state index contributed by atoms with van der Waals surface area (Å²) < 4.78 is 29.8. The highest BCUT2D eigenvalue weighted by molar-refractivity contribution is 5.94. The van der Waals surface area contributed by atoms with E-state index in [-0.39, 0.29) is 17.8 Å². The number of aromatic nitrogens is 4. The van der Waals surface area contributed by atoms with Gasteiger partial charge < -0.3 is 9.84 Å². The number of carbonyl (C=O) groups excluding carboxylic acids is 1. The van der Waals surface area contributed by atoms with Crippen LogP contribution in [0.5, 0.6) is 0 Å². The van der Waals surface area contributed by atoms with Gasteiger partial charge in [0.05, 0.1) is 23.5 Å². The van der Waals surface area contributed by atoms with Crippen molar-refractivity contribution in [2.75, 3.05) is 0 Å². The first-order valence-corrected chi connectivity index (χ1v) is 8.36. The summed E-state index contributed by atoms with van der Waals surface area (Å²) in [7, 11) is 0. The number of aryl methyl sites for hydroxylation is 2. The maximum Gasteiger partial charge on any atom is 0.315 e. The van der Waals surface area contributed by atoms with E-state index >= 15 is 0 Å². The molecule has 7 nitrogen and oxygen atoms in total. The summed E-state index contributed by atoms with van der Waals surface area (Å²) in [6, 6.07) is 6.99. The molecule has 1 N–H and O–H groups in total. The Morgan fingerprint density at radius 2 is 2.19 bits per heavy atom. The molecular weight excluding hydrogens is 356 g/mol. The molecule has 9 heteroatoms. The number of benzene rings is 1. The van der Waals surface area contributed by atoms with Crippen LogP contribution in [0.1, 0.15) is 52.0 Å². The summed E-state index contributed by atoms with van der Waals surface area (Å²) in [5.41, 5.74) is 3.74. The highest BCUT2D eigenvalue weighted by Gasteiger charge is 2.26. The topological polar surface area (TPSA) is 93.8 Å². The number of rotatable bonds is 4. The fraction of sp³-hybridized carbons (Fsp3) is 0.278. The van der Waals surface area contributed by atoms with E-state index in [9.17, 15) is 13.6 Å².